The Balaban J connectivity index is 1.44. The van der Waals surface area contributed by atoms with Gasteiger partial charge in [-0.05, 0) is 51.9 Å². The highest BCUT2D eigenvalue weighted by molar-refractivity contribution is 5.75. The van der Waals surface area contributed by atoms with Crippen molar-refractivity contribution in [1.29, 1.82) is 0 Å². The molecule has 0 radical (unpaired) electrons. The number of amides is 1. The minimum Gasteiger partial charge on any atom is -0.394 e. The molecule has 12 unspecified atom stereocenters. The summed E-state index contributed by atoms with van der Waals surface area (Å²) in [4.78, 5) is 12.1. The first-order valence-corrected chi connectivity index (χ1v) is 15.5. The van der Waals surface area contributed by atoms with E-state index in [1.807, 2.05) is 6.92 Å². The monoisotopic (exact) mass is 642 g/mol. The van der Waals surface area contributed by atoms with Gasteiger partial charge < -0.3 is 70.2 Å². The highest BCUT2D eigenvalue weighted by Crippen LogP contribution is 2.23. The van der Waals surface area contributed by atoms with Crippen molar-refractivity contribution in [3.05, 3.63) is 0 Å². The second kappa shape index (κ2) is 20.9. The molecule has 0 aliphatic carbocycles. The number of nitrogens with one attached hydrogen (secondary N) is 2. The number of unbranched alkanes of at least 4 members (excludes halogenated alkanes) is 3. The number of rotatable bonds is 21. The normalized spacial score (nSPS) is 34.0. The van der Waals surface area contributed by atoms with Crippen LogP contribution in [-0.4, -0.2) is 159 Å². The zero-order valence-corrected chi connectivity index (χ0v) is 25.4. The molecule has 0 bridgehead atoms. The first-order valence-electron chi connectivity index (χ1n) is 15.5. The quantitative estimate of drug-likeness (QED) is 0.0430. The van der Waals surface area contributed by atoms with Crippen molar-refractivity contribution in [2.75, 3.05) is 33.0 Å². The molecule has 16 heteroatoms. The average Bonchev–Trinajstić information content (AvgIpc) is 3.00. The SMILES string of the molecule is CC(CCCCNC(=O)CCCCOC1OC(CO)C(O)C(O)C1O)NC(O)CCCCOC1OC(CO)C(O)C(O)C1O. The minimum atomic E-state index is -1.49. The minimum absolute atomic E-state index is 0.0646. The summed E-state index contributed by atoms with van der Waals surface area (Å²) in [6, 6.07) is 0.0646. The molecule has 0 aromatic rings. The maximum atomic E-state index is 12.1. The summed E-state index contributed by atoms with van der Waals surface area (Å²) in [5, 5.41) is 93.7. The molecular weight excluding hydrogens is 588 g/mol. The highest BCUT2D eigenvalue weighted by Gasteiger charge is 2.45. The number of ether oxygens (including phenoxy) is 4. The van der Waals surface area contributed by atoms with E-state index in [2.05, 4.69) is 10.6 Å². The summed E-state index contributed by atoms with van der Waals surface area (Å²) in [6.07, 6.45) is -8.35. The van der Waals surface area contributed by atoms with Crippen molar-refractivity contribution in [2.45, 2.75) is 138 Å². The van der Waals surface area contributed by atoms with E-state index in [-0.39, 0.29) is 25.2 Å². The molecule has 260 valence electrons. The van der Waals surface area contributed by atoms with Crippen LogP contribution in [0.25, 0.3) is 0 Å². The van der Waals surface area contributed by atoms with Crippen LogP contribution in [0.5, 0.6) is 0 Å². The molecule has 16 nitrogen and oxygen atoms in total. The molecular formula is C28H54N2O14. The van der Waals surface area contributed by atoms with Crippen LogP contribution in [0.4, 0.5) is 0 Å². The number of hydrogen-bond acceptors (Lipinski definition) is 15. The van der Waals surface area contributed by atoms with Gasteiger partial charge in [0.1, 0.15) is 55.1 Å². The average molecular weight is 643 g/mol. The lowest BCUT2D eigenvalue weighted by atomic mass is 9.99. The molecule has 11 N–H and O–H groups in total. The number of aliphatic hydroxyl groups excluding tert-OH is 9. The summed E-state index contributed by atoms with van der Waals surface area (Å²) >= 11 is 0. The topological polar surface area (TPSA) is 260 Å². The van der Waals surface area contributed by atoms with Gasteiger partial charge in [0.2, 0.25) is 5.91 Å². The van der Waals surface area contributed by atoms with Crippen molar-refractivity contribution < 1.29 is 69.7 Å². The van der Waals surface area contributed by atoms with Crippen LogP contribution in [0, 0.1) is 0 Å². The second-order valence-corrected chi connectivity index (χ2v) is 11.5. The van der Waals surface area contributed by atoms with Gasteiger partial charge in [0, 0.05) is 32.2 Å². The fourth-order valence-corrected chi connectivity index (χ4v) is 5.02. The fraction of sp³-hybridized carbons (Fsp3) is 0.964. The van der Waals surface area contributed by atoms with Crippen LogP contribution in [0.3, 0.4) is 0 Å². The largest absolute Gasteiger partial charge is 0.394 e. The molecule has 12 atom stereocenters. The molecule has 0 aromatic carbocycles. The predicted octanol–water partition coefficient (Wildman–Crippen LogP) is -3.46. The van der Waals surface area contributed by atoms with Gasteiger partial charge in [-0.3, -0.25) is 10.1 Å². The molecule has 2 aliphatic heterocycles. The van der Waals surface area contributed by atoms with E-state index in [0.717, 1.165) is 19.3 Å². The van der Waals surface area contributed by atoms with Crippen molar-refractivity contribution in [3.63, 3.8) is 0 Å². The Labute approximate surface area is 257 Å². The Kier molecular flexibility index (Phi) is 18.6. The van der Waals surface area contributed by atoms with Crippen molar-refractivity contribution in [3.8, 4) is 0 Å². The predicted molar refractivity (Wildman–Crippen MR) is 153 cm³/mol. The Hall–Kier alpha value is -1.09. The third kappa shape index (κ3) is 13.0. The van der Waals surface area contributed by atoms with Gasteiger partial charge in [0.15, 0.2) is 12.6 Å². The second-order valence-electron chi connectivity index (χ2n) is 11.5. The van der Waals surface area contributed by atoms with Crippen LogP contribution in [0.2, 0.25) is 0 Å². The first-order chi connectivity index (χ1) is 21.0. The number of carbonyl (C=O) groups excluding carboxylic acids is 1. The molecule has 1 amide bonds. The summed E-state index contributed by atoms with van der Waals surface area (Å²) in [5.41, 5.74) is 0. The lowest BCUT2D eigenvalue weighted by Gasteiger charge is -2.39. The highest BCUT2D eigenvalue weighted by atomic mass is 16.7. The van der Waals surface area contributed by atoms with E-state index >= 15 is 0 Å². The van der Waals surface area contributed by atoms with Crippen LogP contribution in [0.15, 0.2) is 0 Å². The van der Waals surface area contributed by atoms with Gasteiger partial charge in [-0.15, -0.1) is 0 Å². The van der Waals surface area contributed by atoms with Gasteiger partial charge >= 0.3 is 0 Å². The number of carbonyl (C=O) groups is 1. The van der Waals surface area contributed by atoms with Crippen LogP contribution in [-0.2, 0) is 23.7 Å². The van der Waals surface area contributed by atoms with E-state index < -0.39 is 80.9 Å². The Morgan fingerprint density at radius 1 is 0.705 bits per heavy atom. The molecule has 2 fully saturated rings. The first kappa shape index (κ1) is 39.1. The molecule has 0 saturated carbocycles. The van der Waals surface area contributed by atoms with Crippen LogP contribution >= 0.6 is 0 Å². The van der Waals surface area contributed by atoms with Gasteiger partial charge in [0.25, 0.3) is 0 Å². The number of aliphatic hydroxyl groups is 9. The molecule has 2 rings (SSSR count). The fourth-order valence-electron chi connectivity index (χ4n) is 5.02. The lowest BCUT2D eigenvalue weighted by molar-refractivity contribution is -0.301. The Morgan fingerprint density at radius 2 is 1.20 bits per heavy atom. The third-order valence-corrected chi connectivity index (χ3v) is 7.79. The zero-order valence-electron chi connectivity index (χ0n) is 25.4. The molecule has 0 spiro atoms. The van der Waals surface area contributed by atoms with Gasteiger partial charge in [-0.2, -0.15) is 0 Å². The summed E-state index contributed by atoms with van der Waals surface area (Å²) in [7, 11) is 0. The maximum absolute atomic E-state index is 12.1. The molecule has 2 aliphatic rings. The van der Waals surface area contributed by atoms with Crippen LogP contribution in [0.1, 0.15) is 64.7 Å². The maximum Gasteiger partial charge on any atom is 0.219 e. The van der Waals surface area contributed by atoms with E-state index in [9.17, 15) is 50.8 Å². The Bertz CT molecular complexity index is 781. The summed E-state index contributed by atoms with van der Waals surface area (Å²) in [5.74, 6) is -0.0880. The Morgan fingerprint density at radius 3 is 1.73 bits per heavy atom. The van der Waals surface area contributed by atoms with E-state index in [4.69, 9.17) is 18.9 Å². The van der Waals surface area contributed by atoms with Gasteiger partial charge in [-0.1, -0.05) is 6.42 Å². The summed E-state index contributed by atoms with van der Waals surface area (Å²) in [6.45, 7) is 1.82. The smallest absolute Gasteiger partial charge is 0.219 e. The van der Waals surface area contributed by atoms with Gasteiger partial charge in [0.05, 0.1) is 13.2 Å². The standard InChI is InChI=1S/C28H54N2O14/c1-16(30-20(34)10-4-7-13-42-28-26(40)24(38)22(36)18(15-32)44-28)8-2-5-11-29-19(33)9-3-6-12-41-27-25(39)23(37)21(35)17(14-31)43-27/h16-18,20-28,30-32,34-40H,2-15H2,1H3,(H,29,33). The van der Waals surface area contributed by atoms with Crippen molar-refractivity contribution in [2.24, 2.45) is 0 Å². The molecule has 44 heavy (non-hydrogen) atoms. The van der Waals surface area contributed by atoms with Crippen LogP contribution < -0.4 is 10.6 Å². The van der Waals surface area contributed by atoms with Gasteiger partial charge in [-0.25, -0.2) is 0 Å². The third-order valence-electron chi connectivity index (χ3n) is 7.79. The molecule has 0 aromatic heterocycles. The molecule has 2 heterocycles. The zero-order chi connectivity index (χ0) is 32.6. The van der Waals surface area contributed by atoms with Crippen molar-refractivity contribution in [1.82, 2.24) is 10.6 Å². The number of hydrogen-bond donors (Lipinski definition) is 11. The van der Waals surface area contributed by atoms with E-state index in [0.29, 0.717) is 45.1 Å². The van der Waals surface area contributed by atoms with E-state index in [1.54, 1.807) is 0 Å². The summed E-state index contributed by atoms with van der Waals surface area (Å²) < 4.78 is 21.4. The molecule has 2 saturated heterocycles. The van der Waals surface area contributed by atoms with Crippen molar-refractivity contribution >= 4 is 5.91 Å². The lowest BCUT2D eigenvalue weighted by Crippen LogP contribution is -2.59. The van der Waals surface area contributed by atoms with E-state index in [1.165, 1.54) is 0 Å².